The number of fused-ring (bicyclic) bond motifs is 1. The Morgan fingerprint density at radius 2 is 1.92 bits per heavy atom. The summed E-state index contributed by atoms with van der Waals surface area (Å²) in [5.74, 6) is 0.673. The molecule has 3 aromatic rings. The Bertz CT molecular complexity index is 1340. The average Bonchev–Trinajstić information content (AvgIpc) is 3.22. The molecule has 5 rings (SSSR count). The van der Waals surface area contributed by atoms with E-state index in [0.29, 0.717) is 22.7 Å². The number of imidazole rings is 1. The lowest BCUT2D eigenvalue weighted by molar-refractivity contribution is 0.0655. The molecule has 10 heteroatoms. The van der Waals surface area contributed by atoms with E-state index in [-0.39, 0.29) is 23.4 Å². The number of benzene rings is 1. The van der Waals surface area contributed by atoms with Gasteiger partial charge in [0, 0.05) is 12.2 Å². The van der Waals surface area contributed by atoms with Crippen LogP contribution in [0, 0.1) is 18.7 Å². The fourth-order valence-corrected chi connectivity index (χ4v) is 5.25. The molecule has 0 spiro atoms. The monoisotopic (exact) mass is 509 g/mol. The van der Waals surface area contributed by atoms with Gasteiger partial charge >= 0.3 is 0 Å². The zero-order valence-electron chi connectivity index (χ0n) is 21.5. The third kappa shape index (κ3) is 5.08. The molecule has 0 saturated carbocycles. The van der Waals surface area contributed by atoms with Gasteiger partial charge in [0.25, 0.3) is 0 Å². The van der Waals surface area contributed by atoms with Crippen molar-refractivity contribution in [3.63, 3.8) is 0 Å². The van der Waals surface area contributed by atoms with E-state index < -0.39 is 23.8 Å². The van der Waals surface area contributed by atoms with Crippen LogP contribution in [-0.4, -0.2) is 50.6 Å². The maximum atomic E-state index is 15.0. The molecule has 4 heterocycles. The van der Waals surface area contributed by atoms with Crippen LogP contribution < -0.4 is 10.6 Å². The van der Waals surface area contributed by atoms with Crippen LogP contribution in [-0.2, 0) is 0 Å². The van der Waals surface area contributed by atoms with Gasteiger partial charge in [0.2, 0.25) is 5.96 Å². The molecule has 2 aromatic heterocycles. The van der Waals surface area contributed by atoms with Crippen LogP contribution in [0.3, 0.4) is 0 Å². The van der Waals surface area contributed by atoms with Gasteiger partial charge in [-0.25, -0.2) is 23.7 Å². The number of nitrogens with zero attached hydrogens (tertiary/aromatic N) is 5. The number of aliphatic hydroxyl groups is 1. The summed E-state index contributed by atoms with van der Waals surface area (Å²) in [5.41, 5.74) is 2.09. The van der Waals surface area contributed by atoms with E-state index in [2.05, 4.69) is 37.5 Å². The normalized spacial score (nSPS) is 20.1. The Morgan fingerprint density at radius 1 is 1.16 bits per heavy atom. The molecule has 1 aromatic carbocycles. The lowest BCUT2D eigenvalue weighted by Crippen LogP contribution is -2.36. The summed E-state index contributed by atoms with van der Waals surface area (Å²) in [7, 11) is 2.09. The van der Waals surface area contributed by atoms with E-state index in [1.165, 1.54) is 6.07 Å². The molecular weight excluding hydrogens is 476 g/mol. The third-order valence-electron chi connectivity index (χ3n) is 7.26. The third-order valence-corrected chi connectivity index (χ3v) is 7.26. The maximum Gasteiger partial charge on any atom is 0.202 e. The first-order chi connectivity index (χ1) is 17.7. The maximum absolute atomic E-state index is 15.0. The van der Waals surface area contributed by atoms with Crippen molar-refractivity contribution in [1.82, 2.24) is 24.8 Å². The van der Waals surface area contributed by atoms with Crippen LogP contribution in [0.4, 0.5) is 14.6 Å². The molecule has 196 valence electrons. The highest BCUT2D eigenvalue weighted by Gasteiger charge is 2.27. The molecule has 0 aliphatic carbocycles. The number of pyridine rings is 1. The number of aliphatic imine (C=N–C) groups is 1. The number of anilines is 1. The van der Waals surface area contributed by atoms with Crippen molar-refractivity contribution in [3.8, 4) is 0 Å². The summed E-state index contributed by atoms with van der Waals surface area (Å²) in [6.45, 7) is 7.78. The zero-order chi connectivity index (χ0) is 26.3. The Morgan fingerprint density at radius 3 is 2.59 bits per heavy atom. The van der Waals surface area contributed by atoms with E-state index >= 15 is 0 Å². The molecule has 0 amide bonds. The smallest absolute Gasteiger partial charge is 0.202 e. The van der Waals surface area contributed by atoms with Crippen molar-refractivity contribution in [1.29, 1.82) is 0 Å². The Hall–Kier alpha value is -3.37. The van der Waals surface area contributed by atoms with Gasteiger partial charge in [-0.3, -0.25) is 0 Å². The number of guanidine groups is 1. The van der Waals surface area contributed by atoms with Gasteiger partial charge in [-0.05, 0) is 89.0 Å². The van der Waals surface area contributed by atoms with Crippen molar-refractivity contribution in [2.45, 2.75) is 51.8 Å². The number of aryl methyl sites for hydroxylation is 1. The first kappa shape index (κ1) is 25.3. The summed E-state index contributed by atoms with van der Waals surface area (Å²) in [4.78, 5) is 15.2. The molecule has 0 radical (unpaired) electrons. The molecule has 2 aliphatic heterocycles. The highest BCUT2D eigenvalue weighted by atomic mass is 19.1. The van der Waals surface area contributed by atoms with Crippen molar-refractivity contribution >= 4 is 22.8 Å². The van der Waals surface area contributed by atoms with Crippen molar-refractivity contribution in [2.24, 2.45) is 10.9 Å². The highest BCUT2D eigenvalue weighted by Crippen LogP contribution is 2.32. The van der Waals surface area contributed by atoms with Gasteiger partial charge in [-0.2, -0.15) is 0 Å². The zero-order valence-corrected chi connectivity index (χ0v) is 21.5. The SMILES string of the molecule is Cc1nc2c(F)cc(C3NC(Nc4ccc(C(O)C5CCN(C)CC5)cn4)=NC=C3F)cc2n1C(C)C. The predicted molar refractivity (Wildman–Crippen MR) is 140 cm³/mol. The van der Waals surface area contributed by atoms with Gasteiger partial charge in [0.15, 0.2) is 5.82 Å². The molecule has 8 nitrogen and oxygen atoms in total. The second-order valence-corrected chi connectivity index (χ2v) is 10.2. The van der Waals surface area contributed by atoms with Gasteiger partial charge in [-0.1, -0.05) is 6.07 Å². The van der Waals surface area contributed by atoms with Gasteiger partial charge in [0.05, 0.1) is 17.8 Å². The predicted octanol–water partition coefficient (Wildman–Crippen LogP) is 4.76. The molecular formula is C27H33F2N7O. The molecule has 2 aliphatic rings. The fourth-order valence-electron chi connectivity index (χ4n) is 5.25. The quantitative estimate of drug-likeness (QED) is 0.460. The van der Waals surface area contributed by atoms with Gasteiger partial charge in [-0.15, -0.1) is 0 Å². The number of aromatic nitrogens is 3. The summed E-state index contributed by atoms with van der Waals surface area (Å²) in [6.07, 6.45) is 4.11. The first-order valence-corrected chi connectivity index (χ1v) is 12.7. The molecule has 2 unspecified atom stereocenters. The van der Waals surface area contributed by atoms with Crippen LogP contribution in [0.15, 0.2) is 47.5 Å². The first-order valence-electron chi connectivity index (χ1n) is 12.7. The lowest BCUT2D eigenvalue weighted by atomic mass is 9.88. The van der Waals surface area contributed by atoms with Crippen LogP contribution in [0.2, 0.25) is 0 Å². The minimum atomic E-state index is -0.916. The number of nitrogens with one attached hydrogen (secondary N) is 2. The van der Waals surface area contributed by atoms with Crippen LogP contribution >= 0.6 is 0 Å². The van der Waals surface area contributed by atoms with Gasteiger partial charge in [0.1, 0.15) is 29.0 Å². The number of rotatable bonds is 5. The van der Waals surface area contributed by atoms with E-state index in [1.54, 1.807) is 18.3 Å². The Labute approximate surface area is 215 Å². The van der Waals surface area contributed by atoms with Crippen molar-refractivity contribution in [3.05, 3.63) is 65.3 Å². The van der Waals surface area contributed by atoms with E-state index in [0.717, 1.165) is 37.7 Å². The number of likely N-dealkylation sites (tertiary alicyclic amines) is 1. The number of hydrogen-bond donors (Lipinski definition) is 3. The van der Waals surface area contributed by atoms with Crippen LogP contribution in [0.1, 0.15) is 61.8 Å². The van der Waals surface area contributed by atoms with Crippen LogP contribution in [0.5, 0.6) is 0 Å². The molecule has 1 saturated heterocycles. The highest BCUT2D eigenvalue weighted by molar-refractivity contribution is 5.94. The molecule has 1 fully saturated rings. The summed E-state index contributed by atoms with van der Waals surface area (Å²) >= 11 is 0. The molecule has 2 atom stereocenters. The van der Waals surface area contributed by atoms with Crippen molar-refractivity contribution in [2.75, 3.05) is 25.5 Å². The summed E-state index contributed by atoms with van der Waals surface area (Å²) in [6, 6.07) is 5.84. The average molecular weight is 510 g/mol. The number of aliphatic hydroxyl groups excluding tert-OH is 1. The molecule has 3 N–H and O–H groups in total. The number of halogens is 2. The van der Waals surface area contributed by atoms with E-state index in [9.17, 15) is 13.9 Å². The standard InChI is InChI=1S/C27H33F2N7O/c1-15(2)36-16(3)32-25-20(28)11-19(12-22(25)36)24-21(29)14-31-27(34-24)33-23-6-5-18(13-30-23)26(37)17-7-9-35(4)10-8-17/h5-6,11-15,17,24,26,37H,7-10H2,1-4H3,(H2,30,31,33,34). The Balaban J connectivity index is 1.32. The summed E-state index contributed by atoms with van der Waals surface area (Å²) < 4.78 is 31.8. The van der Waals surface area contributed by atoms with E-state index in [4.69, 9.17) is 0 Å². The minimum Gasteiger partial charge on any atom is -0.388 e. The van der Waals surface area contributed by atoms with Crippen LogP contribution in [0.25, 0.3) is 11.0 Å². The van der Waals surface area contributed by atoms with Gasteiger partial charge < -0.3 is 25.2 Å². The minimum absolute atomic E-state index is 0.0742. The second-order valence-electron chi connectivity index (χ2n) is 10.2. The number of hydrogen-bond acceptors (Lipinski definition) is 7. The summed E-state index contributed by atoms with van der Waals surface area (Å²) in [5, 5.41) is 16.9. The number of piperidine rings is 1. The van der Waals surface area contributed by atoms with Crippen molar-refractivity contribution < 1.29 is 13.9 Å². The lowest BCUT2D eigenvalue weighted by Gasteiger charge is -2.32. The molecule has 37 heavy (non-hydrogen) atoms. The van der Waals surface area contributed by atoms with E-state index in [1.807, 2.05) is 31.4 Å². The largest absolute Gasteiger partial charge is 0.388 e. The fraction of sp³-hybridized carbons (Fsp3) is 0.444. The molecule has 0 bridgehead atoms. The topological polar surface area (TPSA) is 90.6 Å². The second kappa shape index (κ2) is 10.2. The Kier molecular flexibility index (Phi) is 6.96.